The van der Waals surface area contributed by atoms with Crippen molar-refractivity contribution in [2.75, 3.05) is 7.05 Å². The average molecular weight is 355 g/mol. The van der Waals surface area contributed by atoms with Crippen LogP contribution in [0.3, 0.4) is 0 Å². The Hall–Kier alpha value is -1.95. The van der Waals surface area contributed by atoms with Gasteiger partial charge in [0.05, 0.1) is 16.8 Å². The summed E-state index contributed by atoms with van der Waals surface area (Å²) in [5, 5.41) is 12.9. The highest BCUT2D eigenvalue weighted by atomic mass is 32.1. The van der Waals surface area contributed by atoms with Gasteiger partial charge in [-0.1, -0.05) is 30.3 Å². The van der Waals surface area contributed by atoms with Crippen LogP contribution in [0.2, 0.25) is 0 Å². The standard InChI is InChI=1S/C20H26N4S/c1-15(2)24(3)14-17-7-4-6-16(10-17)11-21-12-18-13-22-23-20(18)19-8-5-9-25-19/h4-10,13,15,21H,11-12,14H2,1-3H3,(H,22,23). The molecule has 132 valence electrons. The van der Waals surface area contributed by atoms with E-state index in [4.69, 9.17) is 0 Å². The minimum absolute atomic E-state index is 0.554. The Morgan fingerprint density at radius 2 is 2.00 bits per heavy atom. The lowest BCUT2D eigenvalue weighted by atomic mass is 10.1. The highest BCUT2D eigenvalue weighted by Gasteiger charge is 2.08. The summed E-state index contributed by atoms with van der Waals surface area (Å²) in [5.74, 6) is 0. The molecule has 0 aliphatic heterocycles. The quantitative estimate of drug-likeness (QED) is 0.635. The minimum Gasteiger partial charge on any atom is -0.308 e. The van der Waals surface area contributed by atoms with Crippen molar-refractivity contribution < 1.29 is 0 Å². The van der Waals surface area contributed by atoms with E-state index in [1.165, 1.54) is 21.6 Å². The molecular formula is C20H26N4S. The zero-order chi connectivity index (χ0) is 17.6. The number of hydrogen-bond donors (Lipinski definition) is 2. The molecule has 0 bridgehead atoms. The molecule has 2 heterocycles. The van der Waals surface area contributed by atoms with Gasteiger partial charge in [-0.25, -0.2) is 0 Å². The van der Waals surface area contributed by atoms with Gasteiger partial charge < -0.3 is 5.32 Å². The Balaban J connectivity index is 1.57. The summed E-state index contributed by atoms with van der Waals surface area (Å²) in [4.78, 5) is 3.58. The number of aromatic amines is 1. The molecule has 25 heavy (non-hydrogen) atoms. The fourth-order valence-electron chi connectivity index (χ4n) is 2.73. The van der Waals surface area contributed by atoms with E-state index < -0.39 is 0 Å². The summed E-state index contributed by atoms with van der Waals surface area (Å²) in [6.45, 7) is 7.09. The van der Waals surface area contributed by atoms with Crippen LogP contribution in [0.4, 0.5) is 0 Å². The second-order valence-corrected chi connectivity index (χ2v) is 7.63. The second kappa shape index (κ2) is 8.43. The fourth-order valence-corrected chi connectivity index (χ4v) is 3.48. The first-order valence-corrected chi connectivity index (χ1v) is 9.56. The Morgan fingerprint density at radius 1 is 1.16 bits per heavy atom. The molecule has 2 aromatic heterocycles. The van der Waals surface area contributed by atoms with Crippen LogP contribution < -0.4 is 5.32 Å². The molecule has 0 aliphatic rings. The predicted octanol–water partition coefficient (Wildman–Crippen LogP) is 4.27. The first-order chi connectivity index (χ1) is 12.1. The van der Waals surface area contributed by atoms with Gasteiger partial charge in [0.1, 0.15) is 0 Å². The van der Waals surface area contributed by atoms with Crippen LogP contribution in [0.25, 0.3) is 10.6 Å². The highest BCUT2D eigenvalue weighted by molar-refractivity contribution is 7.13. The number of nitrogens with one attached hydrogen (secondary N) is 2. The SMILES string of the molecule is CC(C)N(C)Cc1cccc(CNCc2cn[nH]c2-c2cccs2)c1. The number of hydrogen-bond acceptors (Lipinski definition) is 4. The first-order valence-electron chi connectivity index (χ1n) is 8.68. The number of benzene rings is 1. The van der Waals surface area contributed by atoms with Crippen LogP contribution in [0, 0.1) is 0 Å². The van der Waals surface area contributed by atoms with Crippen molar-refractivity contribution in [2.45, 2.75) is 39.5 Å². The van der Waals surface area contributed by atoms with Crippen LogP contribution in [0.15, 0.2) is 48.0 Å². The van der Waals surface area contributed by atoms with Crippen molar-refractivity contribution in [3.63, 3.8) is 0 Å². The fraction of sp³-hybridized carbons (Fsp3) is 0.350. The lowest BCUT2D eigenvalue weighted by Crippen LogP contribution is -2.25. The van der Waals surface area contributed by atoms with Gasteiger partial charge in [0.2, 0.25) is 0 Å². The Morgan fingerprint density at radius 3 is 2.76 bits per heavy atom. The third kappa shape index (κ3) is 4.78. The molecule has 0 radical (unpaired) electrons. The monoisotopic (exact) mass is 354 g/mol. The zero-order valence-corrected chi connectivity index (χ0v) is 15.9. The van der Waals surface area contributed by atoms with Gasteiger partial charge in [0.15, 0.2) is 0 Å². The third-order valence-electron chi connectivity index (χ3n) is 4.43. The molecule has 0 fully saturated rings. The van der Waals surface area contributed by atoms with Crippen molar-refractivity contribution in [2.24, 2.45) is 0 Å². The van der Waals surface area contributed by atoms with Gasteiger partial charge in [-0.05, 0) is 43.5 Å². The lowest BCUT2D eigenvalue weighted by molar-refractivity contribution is 0.266. The number of nitrogens with zero attached hydrogens (tertiary/aromatic N) is 2. The molecule has 0 unspecified atom stereocenters. The summed E-state index contributed by atoms with van der Waals surface area (Å²) < 4.78 is 0. The van der Waals surface area contributed by atoms with E-state index in [-0.39, 0.29) is 0 Å². The van der Waals surface area contributed by atoms with Gasteiger partial charge in [0, 0.05) is 31.2 Å². The topological polar surface area (TPSA) is 44.0 Å². The maximum absolute atomic E-state index is 4.20. The molecule has 0 saturated carbocycles. The number of thiophene rings is 1. The molecule has 0 amide bonds. The van der Waals surface area contributed by atoms with E-state index in [0.717, 1.165) is 25.3 Å². The third-order valence-corrected chi connectivity index (χ3v) is 5.32. The predicted molar refractivity (Wildman–Crippen MR) is 105 cm³/mol. The van der Waals surface area contributed by atoms with E-state index in [1.807, 2.05) is 6.20 Å². The summed E-state index contributed by atoms with van der Waals surface area (Å²) in [6, 6.07) is 13.6. The normalized spacial score (nSPS) is 11.6. The van der Waals surface area contributed by atoms with Crippen molar-refractivity contribution in [3.05, 3.63) is 64.7 Å². The number of rotatable bonds is 8. The van der Waals surface area contributed by atoms with Gasteiger partial charge in [-0.3, -0.25) is 10.00 Å². The molecular weight excluding hydrogens is 328 g/mol. The minimum atomic E-state index is 0.554. The smallest absolute Gasteiger partial charge is 0.0794 e. The molecule has 0 saturated heterocycles. The van der Waals surface area contributed by atoms with Gasteiger partial charge in [-0.15, -0.1) is 11.3 Å². The van der Waals surface area contributed by atoms with Gasteiger partial charge in [0.25, 0.3) is 0 Å². The summed E-state index contributed by atoms with van der Waals surface area (Å²) >= 11 is 1.73. The average Bonchev–Trinajstić information content (AvgIpc) is 3.26. The van der Waals surface area contributed by atoms with Crippen LogP contribution in [-0.2, 0) is 19.6 Å². The molecule has 3 aromatic rings. The summed E-state index contributed by atoms with van der Waals surface area (Å²) in [6.07, 6.45) is 1.91. The molecule has 1 aromatic carbocycles. The Kier molecular flexibility index (Phi) is 6.02. The van der Waals surface area contributed by atoms with Gasteiger partial charge >= 0.3 is 0 Å². The van der Waals surface area contributed by atoms with Crippen LogP contribution in [0.5, 0.6) is 0 Å². The number of aromatic nitrogens is 2. The molecule has 3 rings (SSSR count). The highest BCUT2D eigenvalue weighted by Crippen LogP contribution is 2.25. The van der Waals surface area contributed by atoms with Crippen LogP contribution in [-0.4, -0.2) is 28.2 Å². The Labute approximate surface area is 153 Å². The molecule has 0 spiro atoms. The maximum atomic E-state index is 4.20. The summed E-state index contributed by atoms with van der Waals surface area (Å²) in [7, 11) is 2.17. The van der Waals surface area contributed by atoms with E-state index >= 15 is 0 Å². The van der Waals surface area contributed by atoms with Crippen LogP contribution >= 0.6 is 11.3 Å². The first kappa shape index (κ1) is 17.9. The molecule has 0 aliphatic carbocycles. The molecule has 0 atom stereocenters. The van der Waals surface area contributed by atoms with Crippen LogP contribution in [0.1, 0.15) is 30.5 Å². The van der Waals surface area contributed by atoms with Gasteiger partial charge in [-0.2, -0.15) is 5.10 Å². The number of H-pyrrole nitrogens is 1. The zero-order valence-electron chi connectivity index (χ0n) is 15.1. The van der Waals surface area contributed by atoms with E-state index in [1.54, 1.807) is 11.3 Å². The Bertz CT molecular complexity index is 777. The second-order valence-electron chi connectivity index (χ2n) is 6.68. The van der Waals surface area contributed by atoms with Crippen molar-refractivity contribution in [3.8, 4) is 10.6 Å². The molecule has 2 N–H and O–H groups in total. The molecule has 4 nitrogen and oxygen atoms in total. The maximum Gasteiger partial charge on any atom is 0.0794 e. The van der Waals surface area contributed by atoms with E-state index in [2.05, 4.69) is 83.1 Å². The largest absolute Gasteiger partial charge is 0.308 e. The van der Waals surface area contributed by atoms with Crippen molar-refractivity contribution in [1.29, 1.82) is 0 Å². The van der Waals surface area contributed by atoms with E-state index in [0.29, 0.717) is 6.04 Å². The van der Waals surface area contributed by atoms with Crippen molar-refractivity contribution >= 4 is 11.3 Å². The summed E-state index contributed by atoms with van der Waals surface area (Å²) in [5.41, 5.74) is 5.00. The van der Waals surface area contributed by atoms with Crippen molar-refractivity contribution in [1.82, 2.24) is 20.4 Å². The molecule has 5 heteroatoms. The lowest BCUT2D eigenvalue weighted by Gasteiger charge is -2.21. The van der Waals surface area contributed by atoms with E-state index in [9.17, 15) is 0 Å².